The van der Waals surface area contributed by atoms with Crippen molar-refractivity contribution in [1.82, 2.24) is 10.6 Å². The molecule has 2 amide bonds. The largest absolute Gasteiger partial charge is 0.492 e. The van der Waals surface area contributed by atoms with Crippen molar-refractivity contribution in [2.24, 2.45) is 0 Å². The Morgan fingerprint density at radius 2 is 1.79 bits per heavy atom. The van der Waals surface area contributed by atoms with Crippen molar-refractivity contribution in [2.45, 2.75) is 10.9 Å². The van der Waals surface area contributed by atoms with Gasteiger partial charge in [-0.1, -0.05) is 36.4 Å². The van der Waals surface area contributed by atoms with Crippen LogP contribution in [0.4, 0.5) is 4.79 Å². The number of sulfone groups is 1. The Hall–Kier alpha value is -2.54. The number of amides is 2. The van der Waals surface area contributed by atoms with Gasteiger partial charge in [0.2, 0.25) is 0 Å². The predicted octanol–water partition coefficient (Wildman–Crippen LogP) is 1.89. The third-order valence-corrected chi connectivity index (χ3v) is 5.53. The van der Waals surface area contributed by atoms with E-state index in [1.54, 1.807) is 24.3 Å². The van der Waals surface area contributed by atoms with E-state index in [1.165, 1.54) is 0 Å². The van der Waals surface area contributed by atoms with Crippen molar-refractivity contribution in [1.29, 1.82) is 0 Å². The standard InChI is InChI=1S/C17H18N2O4S/c20-17(18-10-11-23-13-6-2-1-3-7-13)19-15-12-24(21,22)16-9-5-4-8-14(15)16/h1-9,15H,10-12H2,(H2,18,19,20). The summed E-state index contributed by atoms with van der Waals surface area (Å²) in [5, 5.41) is 5.37. The van der Waals surface area contributed by atoms with Crippen LogP contribution in [0, 0.1) is 0 Å². The summed E-state index contributed by atoms with van der Waals surface area (Å²) in [6.07, 6.45) is 0. The molecule has 1 heterocycles. The highest BCUT2D eigenvalue weighted by Gasteiger charge is 2.35. The van der Waals surface area contributed by atoms with E-state index in [0.29, 0.717) is 23.6 Å². The van der Waals surface area contributed by atoms with E-state index >= 15 is 0 Å². The lowest BCUT2D eigenvalue weighted by Gasteiger charge is -2.14. The molecule has 2 aromatic rings. The van der Waals surface area contributed by atoms with Crippen LogP contribution in [0.5, 0.6) is 5.75 Å². The van der Waals surface area contributed by atoms with Crippen molar-refractivity contribution in [3.63, 3.8) is 0 Å². The number of nitrogens with one attached hydrogen (secondary N) is 2. The van der Waals surface area contributed by atoms with Crippen LogP contribution in [0.2, 0.25) is 0 Å². The van der Waals surface area contributed by atoms with Crippen LogP contribution in [0.25, 0.3) is 0 Å². The van der Waals surface area contributed by atoms with Gasteiger partial charge < -0.3 is 15.4 Å². The summed E-state index contributed by atoms with van der Waals surface area (Å²) in [7, 11) is -3.33. The number of carbonyl (C=O) groups excluding carboxylic acids is 1. The molecule has 3 rings (SSSR count). The van der Waals surface area contributed by atoms with Crippen LogP contribution in [-0.2, 0) is 9.84 Å². The number of ether oxygens (including phenoxy) is 1. The second-order valence-corrected chi connectivity index (χ2v) is 7.44. The van der Waals surface area contributed by atoms with E-state index in [2.05, 4.69) is 10.6 Å². The van der Waals surface area contributed by atoms with Crippen molar-refractivity contribution in [3.8, 4) is 5.75 Å². The zero-order chi connectivity index (χ0) is 17.0. The Balaban J connectivity index is 1.49. The molecule has 1 aliphatic rings. The first kappa shape index (κ1) is 16.3. The number of rotatable bonds is 5. The highest BCUT2D eigenvalue weighted by molar-refractivity contribution is 7.91. The first-order chi connectivity index (χ1) is 11.6. The molecule has 1 aliphatic heterocycles. The van der Waals surface area contributed by atoms with Crippen molar-refractivity contribution < 1.29 is 17.9 Å². The SMILES string of the molecule is O=C(NCCOc1ccccc1)NC1CS(=O)(=O)c2ccccc21. The van der Waals surface area contributed by atoms with Gasteiger partial charge >= 0.3 is 6.03 Å². The van der Waals surface area contributed by atoms with E-state index in [0.717, 1.165) is 5.75 Å². The Morgan fingerprint density at radius 3 is 2.58 bits per heavy atom. The molecule has 0 aliphatic carbocycles. The molecule has 126 valence electrons. The lowest BCUT2D eigenvalue weighted by Crippen LogP contribution is -2.40. The molecular weight excluding hydrogens is 328 g/mol. The van der Waals surface area contributed by atoms with Gasteiger partial charge in [-0.05, 0) is 23.8 Å². The fourth-order valence-electron chi connectivity index (χ4n) is 2.63. The van der Waals surface area contributed by atoms with Gasteiger partial charge in [-0.3, -0.25) is 0 Å². The summed E-state index contributed by atoms with van der Waals surface area (Å²) in [5.41, 5.74) is 0.633. The van der Waals surface area contributed by atoms with Crippen molar-refractivity contribution >= 4 is 15.9 Å². The summed E-state index contributed by atoms with van der Waals surface area (Å²) < 4.78 is 29.6. The summed E-state index contributed by atoms with van der Waals surface area (Å²) in [6.45, 7) is 0.652. The molecular formula is C17H18N2O4S. The van der Waals surface area contributed by atoms with Crippen molar-refractivity contribution in [3.05, 3.63) is 60.2 Å². The van der Waals surface area contributed by atoms with Gasteiger partial charge in [0, 0.05) is 0 Å². The highest BCUT2D eigenvalue weighted by atomic mass is 32.2. The smallest absolute Gasteiger partial charge is 0.315 e. The third-order valence-electron chi connectivity index (χ3n) is 3.72. The Kier molecular flexibility index (Phi) is 4.71. The van der Waals surface area contributed by atoms with Crippen LogP contribution >= 0.6 is 0 Å². The van der Waals surface area contributed by atoms with Gasteiger partial charge in [0.15, 0.2) is 9.84 Å². The molecule has 2 N–H and O–H groups in total. The topological polar surface area (TPSA) is 84.5 Å². The maximum Gasteiger partial charge on any atom is 0.315 e. The second-order valence-electron chi connectivity index (χ2n) is 5.43. The fraction of sp³-hybridized carbons (Fsp3) is 0.235. The third kappa shape index (κ3) is 3.68. The number of hydrogen-bond acceptors (Lipinski definition) is 4. The molecule has 0 aromatic heterocycles. The quantitative estimate of drug-likeness (QED) is 0.810. The molecule has 1 unspecified atom stereocenters. The minimum atomic E-state index is -3.33. The van der Waals surface area contributed by atoms with Gasteiger partial charge in [-0.2, -0.15) is 0 Å². The van der Waals surface area contributed by atoms with E-state index in [9.17, 15) is 13.2 Å². The molecule has 1 atom stereocenters. The normalized spacial score (nSPS) is 17.8. The number of para-hydroxylation sites is 1. The number of benzene rings is 2. The predicted molar refractivity (Wildman–Crippen MR) is 89.7 cm³/mol. The first-order valence-corrected chi connectivity index (χ1v) is 9.25. The monoisotopic (exact) mass is 346 g/mol. The summed E-state index contributed by atoms with van der Waals surface area (Å²) >= 11 is 0. The number of hydrogen-bond donors (Lipinski definition) is 2. The first-order valence-electron chi connectivity index (χ1n) is 7.60. The number of carbonyl (C=O) groups is 1. The average molecular weight is 346 g/mol. The van der Waals surface area contributed by atoms with Gasteiger partial charge in [0.25, 0.3) is 0 Å². The van der Waals surface area contributed by atoms with E-state index in [-0.39, 0.29) is 5.75 Å². The minimum absolute atomic E-state index is 0.111. The van der Waals surface area contributed by atoms with Crippen molar-refractivity contribution in [2.75, 3.05) is 18.9 Å². The second kappa shape index (κ2) is 6.92. The molecule has 0 fully saturated rings. The number of urea groups is 1. The maximum absolute atomic E-state index is 12.1. The molecule has 2 aromatic carbocycles. The summed E-state index contributed by atoms with van der Waals surface area (Å²) in [5.74, 6) is 0.621. The molecule has 0 bridgehead atoms. The Labute approximate surface area is 140 Å². The Morgan fingerprint density at radius 1 is 1.08 bits per heavy atom. The van der Waals surface area contributed by atoms with Crippen LogP contribution in [-0.4, -0.2) is 33.4 Å². The molecule has 0 saturated carbocycles. The zero-order valence-corrected chi connectivity index (χ0v) is 13.8. The molecule has 6 nitrogen and oxygen atoms in total. The zero-order valence-electron chi connectivity index (χ0n) is 12.9. The van der Waals surface area contributed by atoms with E-state index in [4.69, 9.17) is 4.74 Å². The van der Waals surface area contributed by atoms with Gasteiger partial charge in [0.05, 0.1) is 23.2 Å². The lowest BCUT2D eigenvalue weighted by atomic mass is 10.1. The maximum atomic E-state index is 12.1. The van der Waals surface area contributed by atoms with Crippen LogP contribution in [0.1, 0.15) is 11.6 Å². The molecule has 0 saturated heterocycles. The lowest BCUT2D eigenvalue weighted by molar-refractivity contribution is 0.234. The Bertz CT molecular complexity index is 821. The summed E-state index contributed by atoms with van der Waals surface area (Å²) in [6, 6.07) is 15.1. The van der Waals surface area contributed by atoms with E-state index < -0.39 is 21.9 Å². The molecule has 24 heavy (non-hydrogen) atoms. The molecule has 0 spiro atoms. The van der Waals surface area contributed by atoms with Crippen LogP contribution < -0.4 is 15.4 Å². The average Bonchev–Trinajstić information content (AvgIpc) is 2.84. The van der Waals surface area contributed by atoms with Crippen LogP contribution in [0.15, 0.2) is 59.5 Å². The molecule has 7 heteroatoms. The molecule has 0 radical (unpaired) electrons. The fourth-order valence-corrected chi connectivity index (χ4v) is 4.37. The highest BCUT2D eigenvalue weighted by Crippen LogP contribution is 2.32. The minimum Gasteiger partial charge on any atom is -0.492 e. The van der Waals surface area contributed by atoms with E-state index in [1.807, 2.05) is 30.3 Å². The van der Waals surface area contributed by atoms with Gasteiger partial charge in [0.1, 0.15) is 12.4 Å². The summed E-state index contributed by atoms with van der Waals surface area (Å²) in [4.78, 5) is 12.3. The van der Waals surface area contributed by atoms with Gasteiger partial charge in [-0.25, -0.2) is 13.2 Å². The number of fused-ring (bicyclic) bond motifs is 1. The van der Waals surface area contributed by atoms with Gasteiger partial charge in [-0.15, -0.1) is 0 Å². The van der Waals surface area contributed by atoms with Crippen LogP contribution in [0.3, 0.4) is 0 Å².